The third-order valence-electron chi connectivity index (χ3n) is 5.08. The van der Waals surface area contributed by atoms with Gasteiger partial charge in [-0.15, -0.1) is 0 Å². The first kappa shape index (κ1) is 22.1. The van der Waals surface area contributed by atoms with Gasteiger partial charge in [0, 0.05) is 41.4 Å². The van der Waals surface area contributed by atoms with Crippen molar-refractivity contribution < 1.29 is 9.53 Å². The molecular weight excluding hydrogens is 426 g/mol. The van der Waals surface area contributed by atoms with Gasteiger partial charge in [-0.25, -0.2) is 9.97 Å². The Balaban J connectivity index is 1.66. The molecule has 0 saturated carbocycles. The summed E-state index contributed by atoms with van der Waals surface area (Å²) in [6.07, 6.45) is 0. The molecule has 168 valence electrons. The Morgan fingerprint density at radius 3 is 2.69 bits per heavy atom. The van der Waals surface area contributed by atoms with E-state index in [2.05, 4.69) is 32.7 Å². The van der Waals surface area contributed by atoms with Gasteiger partial charge in [-0.3, -0.25) is 9.89 Å². The third kappa shape index (κ3) is 5.20. The van der Waals surface area contributed by atoms with E-state index in [9.17, 15) is 4.79 Å². The molecule has 3 N–H and O–H groups in total. The standard InChI is InChI=1S/C22H27N7O2S/c1-13-11-19(28-27-13)24-20-15(3)21(29-9-10-31-12-14(29)2)26-22(25-20)32-18-7-5-17(6-8-18)23-16(4)30/h5-8,11,14H,9-10,12H2,1-4H3,(H,23,30)(H2,24,25,26,27,28)/t14-/m0/s1. The number of morpholine rings is 1. The van der Waals surface area contributed by atoms with Gasteiger partial charge in [0.1, 0.15) is 11.6 Å². The highest BCUT2D eigenvalue weighted by atomic mass is 32.2. The lowest BCUT2D eigenvalue weighted by Crippen LogP contribution is -2.44. The molecule has 0 bridgehead atoms. The number of anilines is 4. The van der Waals surface area contributed by atoms with Crippen LogP contribution in [0.5, 0.6) is 0 Å². The zero-order valence-corrected chi connectivity index (χ0v) is 19.4. The van der Waals surface area contributed by atoms with Crippen LogP contribution in [0.1, 0.15) is 25.1 Å². The van der Waals surface area contributed by atoms with Crippen molar-refractivity contribution in [3.05, 3.63) is 41.6 Å². The predicted molar refractivity (Wildman–Crippen MR) is 126 cm³/mol. The maximum atomic E-state index is 11.3. The van der Waals surface area contributed by atoms with E-state index >= 15 is 0 Å². The molecule has 3 heterocycles. The lowest BCUT2D eigenvalue weighted by Gasteiger charge is -2.35. The SMILES string of the molecule is CC(=O)Nc1ccc(Sc2nc(Nc3cc(C)[nH]n3)c(C)c(N3CCOC[C@@H]3C)n2)cc1. The topological polar surface area (TPSA) is 108 Å². The quantitative estimate of drug-likeness (QED) is 0.483. The fourth-order valence-corrected chi connectivity index (χ4v) is 4.24. The Bertz CT molecular complexity index is 1100. The highest BCUT2D eigenvalue weighted by Gasteiger charge is 2.24. The second-order valence-electron chi connectivity index (χ2n) is 7.79. The van der Waals surface area contributed by atoms with E-state index in [1.165, 1.54) is 18.7 Å². The van der Waals surface area contributed by atoms with Gasteiger partial charge in [-0.2, -0.15) is 5.10 Å². The second kappa shape index (κ2) is 9.58. The molecule has 1 aromatic carbocycles. The Kier molecular flexibility index (Phi) is 6.61. The van der Waals surface area contributed by atoms with Gasteiger partial charge in [0.15, 0.2) is 11.0 Å². The molecule has 1 saturated heterocycles. The Morgan fingerprint density at radius 1 is 1.25 bits per heavy atom. The zero-order chi connectivity index (χ0) is 22.7. The van der Waals surface area contributed by atoms with Crippen LogP contribution in [-0.2, 0) is 9.53 Å². The highest BCUT2D eigenvalue weighted by Crippen LogP contribution is 2.33. The number of nitrogens with zero attached hydrogens (tertiary/aromatic N) is 4. The number of hydrogen-bond acceptors (Lipinski definition) is 8. The Hall–Kier alpha value is -3.11. The second-order valence-corrected chi connectivity index (χ2v) is 8.83. The molecule has 1 aliphatic heterocycles. The minimum atomic E-state index is -0.0964. The van der Waals surface area contributed by atoms with E-state index in [0.717, 1.165) is 40.0 Å². The first-order valence-electron chi connectivity index (χ1n) is 10.5. The van der Waals surface area contributed by atoms with E-state index in [1.807, 2.05) is 44.2 Å². The Morgan fingerprint density at radius 2 is 2.03 bits per heavy atom. The van der Waals surface area contributed by atoms with Crippen LogP contribution in [0.3, 0.4) is 0 Å². The minimum absolute atomic E-state index is 0.0964. The van der Waals surface area contributed by atoms with Crippen LogP contribution in [0.2, 0.25) is 0 Å². The van der Waals surface area contributed by atoms with E-state index < -0.39 is 0 Å². The van der Waals surface area contributed by atoms with Crippen LogP contribution in [0.25, 0.3) is 0 Å². The number of benzene rings is 1. The molecule has 0 radical (unpaired) electrons. The van der Waals surface area contributed by atoms with E-state index in [0.29, 0.717) is 24.2 Å². The number of carbonyl (C=O) groups excluding carboxylic acids is 1. The number of aromatic amines is 1. The molecule has 1 aliphatic rings. The van der Waals surface area contributed by atoms with E-state index in [-0.39, 0.29) is 11.9 Å². The summed E-state index contributed by atoms with van der Waals surface area (Å²) >= 11 is 1.47. The maximum Gasteiger partial charge on any atom is 0.221 e. The fraction of sp³-hybridized carbons (Fsp3) is 0.364. The minimum Gasteiger partial charge on any atom is -0.377 e. The average molecular weight is 454 g/mol. The zero-order valence-electron chi connectivity index (χ0n) is 18.6. The number of nitrogens with one attached hydrogen (secondary N) is 3. The number of ether oxygens (including phenoxy) is 1. The van der Waals surface area contributed by atoms with E-state index in [1.54, 1.807) is 0 Å². The molecule has 1 fully saturated rings. The number of aromatic nitrogens is 4. The van der Waals surface area contributed by atoms with Crippen LogP contribution in [0.4, 0.5) is 23.1 Å². The molecule has 1 atom stereocenters. The third-order valence-corrected chi connectivity index (χ3v) is 5.95. The van der Waals surface area contributed by atoms with Crippen LogP contribution in [-0.4, -0.2) is 51.9 Å². The fourth-order valence-electron chi connectivity index (χ4n) is 3.49. The number of rotatable bonds is 6. The summed E-state index contributed by atoms with van der Waals surface area (Å²) in [6, 6.07) is 9.78. The van der Waals surface area contributed by atoms with E-state index in [4.69, 9.17) is 14.7 Å². The number of amides is 1. The first-order valence-corrected chi connectivity index (χ1v) is 11.3. The van der Waals surface area contributed by atoms with Crippen molar-refractivity contribution in [2.45, 2.75) is 43.8 Å². The number of hydrogen-bond donors (Lipinski definition) is 3. The molecule has 2 aromatic heterocycles. The molecule has 10 heteroatoms. The lowest BCUT2D eigenvalue weighted by atomic mass is 10.2. The maximum absolute atomic E-state index is 11.3. The molecule has 9 nitrogen and oxygen atoms in total. The van der Waals surface area contributed by atoms with Gasteiger partial charge in [0.2, 0.25) is 5.91 Å². The highest BCUT2D eigenvalue weighted by molar-refractivity contribution is 7.99. The normalized spacial score (nSPS) is 16.1. The smallest absolute Gasteiger partial charge is 0.221 e. The van der Waals surface area contributed by atoms with Crippen molar-refractivity contribution in [1.29, 1.82) is 0 Å². The van der Waals surface area contributed by atoms with Crippen LogP contribution in [0.15, 0.2) is 40.4 Å². The monoisotopic (exact) mass is 453 g/mol. The van der Waals surface area contributed by atoms with Gasteiger partial charge in [-0.05, 0) is 56.8 Å². The van der Waals surface area contributed by atoms with Crippen molar-refractivity contribution >= 4 is 40.8 Å². The lowest BCUT2D eigenvalue weighted by molar-refractivity contribution is -0.114. The molecule has 0 aliphatic carbocycles. The largest absolute Gasteiger partial charge is 0.377 e. The predicted octanol–water partition coefficient (Wildman–Crippen LogP) is 3.89. The first-order chi connectivity index (χ1) is 15.4. The summed E-state index contributed by atoms with van der Waals surface area (Å²) in [6.45, 7) is 9.72. The number of H-pyrrole nitrogens is 1. The van der Waals surface area contributed by atoms with Gasteiger partial charge >= 0.3 is 0 Å². The molecule has 0 unspecified atom stereocenters. The molecule has 1 amide bonds. The summed E-state index contributed by atoms with van der Waals surface area (Å²) < 4.78 is 5.62. The van der Waals surface area contributed by atoms with Crippen molar-refractivity contribution in [3.8, 4) is 0 Å². The van der Waals surface area contributed by atoms with Crippen molar-refractivity contribution in [1.82, 2.24) is 20.2 Å². The summed E-state index contributed by atoms with van der Waals surface area (Å²) in [5.41, 5.74) is 2.69. The summed E-state index contributed by atoms with van der Waals surface area (Å²) in [4.78, 5) is 24.2. The number of aryl methyl sites for hydroxylation is 1. The number of carbonyl (C=O) groups is 1. The summed E-state index contributed by atoms with van der Waals surface area (Å²) in [7, 11) is 0. The molecule has 4 rings (SSSR count). The van der Waals surface area contributed by atoms with Gasteiger partial charge in [-0.1, -0.05) is 0 Å². The summed E-state index contributed by atoms with van der Waals surface area (Å²) in [5.74, 6) is 2.22. The molecular formula is C22H27N7O2S. The Labute approximate surface area is 191 Å². The van der Waals surface area contributed by atoms with Crippen LogP contribution < -0.4 is 15.5 Å². The van der Waals surface area contributed by atoms with Crippen molar-refractivity contribution in [3.63, 3.8) is 0 Å². The molecule has 0 spiro atoms. The van der Waals surface area contributed by atoms with Gasteiger partial charge < -0.3 is 20.3 Å². The van der Waals surface area contributed by atoms with Gasteiger partial charge in [0.05, 0.1) is 19.3 Å². The molecule has 32 heavy (non-hydrogen) atoms. The average Bonchev–Trinajstić information content (AvgIpc) is 3.16. The summed E-state index contributed by atoms with van der Waals surface area (Å²) in [5, 5.41) is 14.0. The van der Waals surface area contributed by atoms with Crippen molar-refractivity contribution in [2.24, 2.45) is 0 Å². The van der Waals surface area contributed by atoms with Gasteiger partial charge in [0.25, 0.3) is 0 Å². The van der Waals surface area contributed by atoms with Crippen LogP contribution >= 0.6 is 11.8 Å². The van der Waals surface area contributed by atoms with Crippen molar-refractivity contribution in [2.75, 3.05) is 35.3 Å². The molecule has 3 aromatic rings. The van der Waals surface area contributed by atoms with Crippen LogP contribution in [0, 0.1) is 13.8 Å².